The average molecular weight is 228 g/mol. The average Bonchev–Trinajstić information content (AvgIpc) is 2.51. The highest BCUT2D eigenvalue weighted by molar-refractivity contribution is 7.09. The number of aryl methyl sites for hydroxylation is 1. The van der Waals surface area contributed by atoms with Gasteiger partial charge in [0.05, 0.1) is 0 Å². The molecule has 15 heavy (non-hydrogen) atoms. The van der Waals surface area contributed by atoms with Gasteiger partial charge in [0.25, 0.3) is 0 Å². The van der Waals surface area contributed by atoms with E-state index in [2.05, 4.69) is 14.7 Å². The minimum Gasteiger partial charge on any atom is -0.327 e. The van der Waals surface area contributed by atoms with Crippen LogP contribution in [-0.4, -0.2) is 21.3 Å². The van der Waals surface area contributed by atoms with Crippen LogP contribution >= 0.6 is 11.5 Å². The third-order valence-corrected chi connectivity index (χ3v) is 2.60. The lowest BCUT2D eigenvalue weighted by Crippen LogP contribution is -2.26. The number of carbonyl (C=O) groups is 1. The lowest BCUT2D eigenvalue weighted by molar-refractivity contribution is -0.116. The Morgan fingerprint density at radius 3 is 2.93 bits per heavy atom. The molecule has 84 valence electrons. The molecule has 5 nitrogen and oxygen atoms in total. The molecule has 1 rings (SSSR count). The maximum Gasteiger partial charge on any atom is 0.227 e. The van der Waals surface area contributed by atoms with Crippen LogP contribution in [0.15, 0.2) is 0 Å². The van der Waals surface area contributed by atoms with Gasteiger partial charge >= 0.3 is 0 Å². The summed E-state index contributed by atoms with van der Waals surface area (Å²) >= 11 is 1.18. The number of nitrogens with two attached hydrogens (primary N) is 1. The summed E-state index contributed by atoms with van der Waals surface area (Å²) in [4.78, 5) is 15.5. The largest absolute Gasteiger partial charge is 0.327 e. The molecule has 6 heteroatoms. The summed E-state index contributed by atoms with van der Waals surface area (Å²) in [6, 6.07) is -0.0657. The number of anilines is 1. The number of nitrogens with one attached hydrogen (secondary N) is 1. The first-order valence-electron chi connectivity index (χ1n) is 4.97. The van der Waals surface area contributed by atoms with Crippen molar-refractivity contribution in [2.75, 3.05) is 5.32 Å². The zero-order valence-corrected chi connectivity index (χ0v) is 9.80. The van der Waals surface area contributed by atoms with Crippen molar-refractivity contribution in [3.05, 3.63) is 5.82 Å². The molecule has 1 atom stereocenters. The summed E-state index contributed by atoms with van der Waals surface area (Å²) in [5.41, 5.74) is 5.75. The second-order valence-corrected chi connectivity index (χ2v) is 4.20. The Kier molecular flexibility index (Phi) is 4.64. The second-order valence-electron chi connectivity index (χ2n) is 3.45. The Bertz CT molecular complexity index is 326. The first-order chi connectivity index (χ1) is 7.11. The fourth-order valence-electron chi connectivity index (χ4n) is 1.23. The van der Waals surface area contributed by atoms with Crippen molar-refractivity contribution in [3.8, 4) is 0 Å². The van der Waals surface area contributed by atoms with E-state index in [1.54, 1.807) is 6.92 Å². The molecule has 0 spiro atoms. The predicted octanol–water partition coefficient (Wildman–Crippen LogP) is 1.30. The number of nitrogens with zero attached hydrogens (tertiary/aromatic N) is 2. The van der Waals surface area contributed by atoms with E-state index in [0.717, 1.165) is 12.8 Å². The number of aromatic nitrogens is 2. The Labute approximate surface area is 93.3 Å². The van der Waals surface area contributed by atoms with Gasteiger partial charge in [0.15, 0.2) is 0 Å². The van der Waals surface area contributed by atoms with Gasteiger partial charge < -0.3 is 11.1 Å². The molecule has 0 fully saturated rings. The molecule has 3 N–H and O–H groups in total. The van der Waals surface area contributed by atoms with E-state index < -0.39 is 0 Å². The SMILES string of the molecule is CCCC(N)CC(=O)Nc1nc(C)ns1. The van der Waals surface area contributed by atoms with Gasteiger partial charge in [0.2, 0.25) is 11.0 Å². The maximum absolute atomic E-state index is 11.5. The normalized spacial score (nSPS) is 12.5. The zero-order valence-electron chi connectivity index (χ0n) is 8.99. The molecule has 0 aliphatic heterocycles. The molecule has 1 unspecified atom stereocenters. The highest BCUT2D eigenvalue weighted by atomic mass is 32.1. The molecular formula is C9H16N4OS. The zero-order chi connectivity index (χ0) is 11.3. The lowest BCUT2D eigenvalue weighted by Gasteiger charge is -2.08. The standard InChI is InChI=1S/C9H16N4OS/c1-3-4-7(10)5-8(14)12-9-11-6(2)13-15-9/h7H,3-5,10H2,1-2H3,(H,11,12,13,14). The molecule has 1 aromatic rings. The first-order valence-corrected chi connectivity index (χ1v) is 5.75. The highest BCUT2D eigenvalue weighted by Gasteiger charge is 2.10. The van der Waals surface area contributed by atoms with Gasteiger partial charge in [-0.3, -0.25) is 4.79 Å². The number of amides is 1. The number of carbonyl (C=O) groups excluding carboxylic acids is 1. The van der Waals surface area contributed by atoms with E-state index >= 15 is 0 Å². The van der Waals surface area contributed by atoms with Crippen molar-refractivity contribution in [1.29, 1.82) is 0 Å². The van der Waals surface area contributed by atoms with Crippen LogP contribution in [0.25, 0.3) is 0 Å². The second kappa shape index (κ2) is 5.77. The van der Waals surface area contributed by atoms with Crippen LogP contribution in [0, 0.1) is 6.92 Å². The van der Waals surface area contributed by atoms with Crippen LogP contribution in [-0.2, 0) is 4.79 Å². The van der Waals surface area contributed by atoms with E-state index in [1.807, 2.05) is 6.92 Å². The summed E-state index contributed by atoms with van der Waals surface area (Å²) < 4.78 is 3.97. The Hall–Kier alpha value is -1.01. The minimum absolute atomic E-state index is 0.0657. The van der Waals surface area contributed by atoms with Gasteiger partial charge in [-0.2, -0.15) is 4.37 Å². The van der Waals surface area contributed by atoms with E-state index in [9.17, 15) is 4.79 Å². The van der Waals surface area contributed by atoms with Crippen molar-refractivity contribution in [2.24, 2.45) is 5.73 Å². The maximum atomic E-state index is 11.5. The van der Waals surface area contributed by atoms with Gasteiger partial charge in [0, 0.05) is 24.0 Å². The molecule has 0 saturated heterocycles. The van der Waals surface area contributed by atoms with Crippen molar-refractivity contribution < 1.29 is 4.79 Å². The van der Waals surface area contributed by atoms with Crippen LogP contribution < -0.4 is 11.1 Å². The minimum atomic E-state index is -0.0906. The highest BCUT2D eigenvalue weighted by Crippen LogP contribution is 2.10. The molecule has 0 aliphatic rings. The Balaban J connectivity index is 2.36. The molecule has 1 amide bonds. The quantitative estimate of drug-likeness (QED) is 0.796. The van der Waals surface area contributed by atoms with E-state index in [0.29, 0.717) is 17.4 Å². The number of hydrogen-bond acceptors (Lipinski definition) is 5. The number of hydrogen-bond donors (Lipinski definition) is 2. The molecule has 0 radical (unpaired) electrons. The first kappa shape index (κ1) is 12.1. The van der Waals surface area contributed by atoms with Gasteiger partial charge in [0.1, 0.15) is 5.82 Å². The van der Waals surface area contributed by atoms with Crippen molar-refractivity contribution in [3.63, 3.8) is 0 Å². The van der Waals surface area contributed by atoms with E-state index in [4.69, 9.17) is 5.73 Å². The van der Waals surface area contributed by atoms with Gasteiger partial charge in [-0.15, -0.1) is 0 Å². The van der Waals surface area contributed by atoms with Crippen LogP contribution in [0.5, 0.6) is 0 Å². The van der Waals surface area contributed by atoms with Crippen molar-refractivity contribution in [1.82, 2.24) is 9.36 Å². The number of rotatable bonds is 5. The fourth-order valence-corrected chi connectivity index (χ4v) is 1.82. The van der Waals surface area contributed by atoms with Crippen LogP contribution in [0.1, 0.15) is 32.0 Å². The molecule has 0 bridgehead atoms. The monoisotopic (exact) mass is 228 g/mol. The third-order valence-electron chi connectivity index (χ3n) is 1.88. The van der Waals surface area contributed by atoms with Gasteiger partial charge in [-0.05, 0) is 13.3 Å². The Morgan fingerprint density at radius 1 is 1.67 bits per heavy atom. The third kappa shape index (κ3) is 4.35. The van der Waals surface area contributed by atoms with E-state index in [-0.39, 0.29) is 11.9 Å². The molecule has 1 aromatic heterocycles. The predicted molar refractivity (Wildman–Crippen MR) is 60.8 cm³/mol. The van der Waals surface area contributed by atoms with Crippen molar-refractivity contribution in [2.45, 2.75) is 39.2 Å². The van der Waals surface area contributed by atoms with Crippen LogP contribution in [0.2, 0.25) is 0 Å². The van der Waals surface area contributed by atoms with Gasteiger partial charge in [-0.25, -0.2) is 4.98 Å². The fraction of sp³-hybridized carbons (Fsp3) is 0.667. The summed E-state index contributed by atoms with van der Waals surface area (Å²) in [6.45, 7) is 3.83. The summed E-state index contributed by atoms with van der Waals surface area (Å²) in [5.74, 6) is 0.584. The topological polar surface area (TPSA) is 80.9 Å². The molecular weight excluding hydrogens is 212 g/mol. The smallest absolute Gasteiger partial charge is 0.227 e. The summed E-state index contributed by atoms with van der Waals surface area (Å²) in [5, 5.41) is 3.22. The summed E-state index contributed by atoms with van der Waals surface area (Å²) in [7, 11) is 0. The Morgan fingerprint density at radius 2 is 2.40 bits per heavy atom. The summed E-state index contributed by atoms with van der Waals surface area (Å²) in [6.07, 6.45) is 2.20. The van der Waals surface area contributed by atoms with Crippen LogP contribution in [0.3, 0.4) is 0 Å². The molecule has 0 saturated carbocycles. The molecule has 0 aromatic carbocycles. The van der Waals surface area contributed by atoms with Crippen molar-refractivity contribution >= 4 is 22.6 Å². The lowest BCUT2D eigenvalue weighted by atomic mass is 10.1. The van der Waals surface area contributed by atoms with Gasteiger partial charge in [-0.1, -0.05) is 13.3 Å². The molecule has 0 aliphatic carbocycles. The van der Waals surface area contributed by atoms with E-state index in [1.165, 1.54) is 11.5 Å². The van der Waals surface area contributed by atoms with Crippen LogP contribution in [0.4, 0.5) is 5.13 Å². The molecule has 1 heterocycles.